The van der Waals surface area contributed by atoms with Crippen molar-refractivity contribution in [2.75, 3.05) is 11.5 Å². The number of benzene rings is 2. The van der Waals surface area contributed by atoms with Gasteiger partial charge in [0.25, 0.3) is 5.79 Å². The Kier molecular flexibility index (Phi) is 8.27. The number of ether oxygens (including phenoxy) is 2. The Hall–Kier alpha value is -3.06. The maximum absolute atomic E-state index is 12.8. The van der Waals surface area contributed by atoms with Gasteiger partial charge in [0.05, 0.1) is 16.7 Å². The van der Waals surface area contributed by atoms with Gasteiger partial charge in [-0.15, -0.1) is 0 Å². The zero-order valence-electron chi connectivity index (χ0n) is 19.3. The molecule has 0 aliphatic rings. The SMILES string of the molecule is CC(CCCC(C)(C)O)CC(C)(OC(=O)c1ccccc1N)OC(=O)c1ccccc1N. The van der Waals surface area contributed by atoms with Gasteiger partial charge in [0.1, 0.15) is 0 Å². The summed E-state index contributed by atoms with van der Waals surface area (Å²) >= 11 is 0. The molecular formula is C25H34N2O5. The molecule has 0 aromatic heterocycles. The number of aliphatic hydroxyl groups is 1. The number of nitrogen functional groups attached to an aromatic ring is 2. The van der Waals surface area contributed by atoms with E-state index in [4.69, 9.17) is 20.9 Å². The summed E-state index contributed by atoms with van der Waals surface area (Å²) < 4.78 is 11.4. The summed E-state index contributed by atoms with van der Waals surface area (Å²) in [6.07, 6.45) is 2.44. The van der Waals surface area contributed by atoms with E-state index >= 15 is 0 Å². The average molecular weight is 443 g/mol. The highest BCUT2D eigenvalue weighted by Gasteiger charge is 2.36. The fourth-order valence-corrected chi connectivity index (χ4v) is 3.59. The first-order valence-electron chi connectivity index (χ1n) is 10.8. The number of hydrogen-bond donors (Lipinski definition) is 3. The van der Waals surface area contributed by atoms with Crippen LogP contribution in [0.3, 0.4) is 0 Å². The highest BCUT2D eigenvalue weighted by molar-refractivity contribution is 5.96. The van der Waals surface area contributed by atoms with E-state index in [1.807, 2.05) is 6.92 Å². The van der Waals surface area contributed by atoms with E-state index in [0.717, 1.165) is 12.8 Å². The average Bonchev–Trinajstić information content (AvgIpc) is 2.67. The third-order valence-electron chi connectivity index (χ3n) is 5.18. The molecule has 1 unspecified atom stereocenters. The van der Waals surface area contributed by atoms with Gasteiger partial charge in [-0.3, -0.25) is 0 Å². The van der Waals surface area contributed by atoms with E-state index in [1.54, 1.807) is 69.3 Å². The third kappa shape index (κ3) is 7.57. The zero-order chi connectivity index (χ0) is 23.9. The van der Waals surface area contributed by atoms with Crippen molar-refractivity contribution in [3.8, 4) is 0 Å². The lowest BCUT2D eigenvalue weighted by Crippen LogP contribution is -2.39. The Balaban J connectivity index is 2.20. The highest BCUT2D eigenvalue weighted by atomic mass is 16.7. The summed E-state index contributed by atoms with van der Waals surface area (Å²) in [5.74, 6) is -2.84. The molecule has 1 atom stereocenters. The van der Waals surface area contributed by atoms with Gasteiger partial charge < -0.3 is 26.0 Å². The molecule has 2 aromatic rings. The quantitative estimate of drug-likeness (QED) is 0.280. The van der Waals surface area contributed by atoms with Gasteiger partial charge in [0, 0.05) is 24.7 Å². The molecule has 7 heteroatoms. The second kappa shape index (κ2) is 10.5. The molecule has 5 N–H and O–H groups in total. The first kappa shape index (κ1) is 25.2. The predicted octanol–water partition coefficient (Wildman–Crippen LogP) is 4.55. The van der Waals surface area contributed by atoms with Gasteiger partial charge in [0.2, 0.25) is 0 Å². The maximum Gasteiger partial charge on any atom is 0.343 e. The van der Waals surface area contributed by atoms with Crippen molar-refractivity contribution < 1.29 is 24.2 Å². The van der Waals surface area contributed by atoms with E-state index in [9.17, 15) is 14.7 Å². The molecule has 0 heterocycles. The molecule has 174 valence electrons. The monoisotopic (exact) mass is 442 g/mol. The maximum atomic E-state index is 12.8. The minimum atomic E-state index is -1.53. The second-order valence-corrected chi connectivity index (χ2v) is 9.10. The highest BCUT2D eigenvalue weighted by Crippen LogP contribution is 2.30. The van der Waals surface area contributed by atoms with Gasteiger partial charge in [-0.05, 0) is 50.5 Å². The molecule has 2 rings (SSSR count). The first-order chi connectivity index (χ1) is 14.9. The molecule has 0 saturated heterocycles. The minimum Gasteiger partial charge on any atom is -0.419 e. The number of rotatable bonds is 10. The Morgan fingerprint density at radius 2 is 1.34 bits per heavy atom. The number of carbonyl (C=O) groups excluding carboxylic acids is 2. The Labute approximate surface area is 189 Å². The minimum absolute atomic E-state index is 0.0455. The van der Waals surface area contributed by atoms with Crippen LogP contribution in [0.2, 0.25) is 0 Å². The number of esters is 2. The first-order valence-corrected chi connectivity index (χ1v) is 10.8. The smallest absolute Gasteiger partial charge is 0.343 e. The molecule has 0 spiro atoms. The van der Waals surface area contributed by atoms with Crippen molar-refractivity contribution in [2.45, 2.75) is 64.8 Å². The molecule has 7 nitrogen and oxygen atoms in total. The number of anilines is 2. The lowest BCUT2D eigenvalue weighted by molar-refractivity contribution is -0.166. The molecule has 0 radical (unpaired) electrons. The topological polar surface area (TPSA) is 125 Å². The van der Waals surface area contributed by atoms with Crippen LogP contribution in [0.1, 0.15) is 74.1 Å². The van der Waals surface area contributed by atoms with Crippen molar-refractivity contribution >= 4 is 23.3 Å². The lowest BCUT2D eigenvalue weighted by atomic mass is 9.92. The number of hydrogen-bond acceptors (Lipinski definition) is 7. The molecule has 32 heavy (non-hydrogen) atoms. The van der Waals surface area contributed by atoms with Crippen LogP contribution in [0.4, 0.5) is 11.4 Å². The zero-order valence-corrected chi connectivity index (χ0v) is 19.3. The largest absolute Gasteiger partial charge is 0.419 e. The molecule has 2 aromatic carbocycles. The van der Waals surface area contributed by atoms with E-state index in [0.29, 0.717) is 6.42 Å². The number of para-hydroxylation sites is 2. The van der Waals surface area contributed by atoms with E-state index in [-0.39, 0.29) is 34.8 Å². The fraction of sp³-hybridized carbons (Fsp3) is 0.440. The summed E-state index contributed by atoms with van der Waals surface area (Å²) in [6.45, 7) is 7.07. The Morgan fingerprint density at radius 1 is 0.906 bits per heavy atom. The number of carbonyl (C=O) groups is 2. The van der Waals surface area contributed by atoms with Crippen molar-refractivity contribution in [3.63, 3.8) is 0 Å². The van der Waals surface area contributed by atoms with Gasteiger partial charge in [-0.2, -0.15) is 0 Å². The molecule has 0 saturated carbocycles. The van der Waals surface area contributed by atoms with Crippen LogP contribution in [0.25, 0.3) is 0 Å². The van der Waals surface area contributed by atoms with Gasteiger partial charge in [-0.1, -0.05) is 44.0 Å². The van der Waals surface area contributed by atoms with Crippen LogP contribution in [0.5, 0.6) is 0 Å². The summed E-state index contributed by atoms with van der Waals surface area (Å²) in [5.41, 5.74) is 12.0. The summed E-state index contributed by atoms with van der Waals surface area (Å²) in [6, 6.07) is 13.1. The fourth-order valence-electron chi connectivity index (χ4n) is 3.59. The molecule has 0 bridgehead atoms. The van der Waals surface area contributed by atoms with Gasteiger partial charge >= 0.3 is 11.9 Å². The molecule has 0 aliphatic heterocycles. The van der Waals surface area contributed by atoms with Crippen molar-refractivity contribution in [2.24, 2.45) is 5.92 Å². The normalized spacial score (nSPS) is 12.8. The Morgan fingerprint density at radius 3 is 1.75 bits per heavy atom. The number of nitrogens with two attached hydrogens (primary N) is 2. The van der Waals surface area contributed by atoms with E-state index < -0.39 is 23.3 Å². The van der Waals surface area contributed by atoms with Gasteiger partial charge in [0.15, 0.2) is 0 Å². The van der Waals surface area contributed by atoms with Crippen LogP contribution < -0.4 is 11.5 Å². The molecular weight excluding hydrogens is 408 g/mol. The van der Waals surface area contributed by atoms with Crippen molar-refractivity contribution in [3.05, 3.63) is 59.7 Å². The van der Waals surface area contributed by atoms with Crippen molar-refractivity contribution in [1.82, 2.24) is 0 Å². The van der Waals surface area contributed by atoms with Crippen LogP contribution in [-0.2, 0) is 9.47 Å². The van der Waals surface area contributed by atoms with Gasteiger partial charge in [-0.25, -0.2) is 9.59 Å². The van der Waals surface area contributed by atoms with Crippen LogP contribution in [-0.4, -0.2) is 28.4 Å². The molecule has 0 amide bonds. The lowest BCUT2D eigenvalue weighted by Gasteiger charge is -2.32. The summed E-state index contributed by atoms with van der Waals surface area (Å²) in [5, 5.41) is 9.94. The van der Waals surface area contributed by atoms with E-state index in [2.05, 4.69) is 0 Å². The van der Waals surface area contributed by atoms with E-state index in [1.165, 1.54) is 0 Å². The van der Waals surface area contributed by atoms with Crippen LogP contribution >= 0.6 is 0 Å². The Bertz CT molecular complexity index is 876. The summed E-state index contributed by atoms with van der Waals surface area (Å²) in [4.78, 5) is 25.7. The molecule has 0 fully saturated rings. The van der Waals surface area contributed by atoms with Crippen LogP contribution in [0, 0.1) is 5.92 Å². The van der Waals surface area contributed by atoms with Crippen molar-refractivity contribution in [1.29, 1.82) is 0 Å². The second-order valence-electron chi connectivity index (χ2n) is 9.10. The summed E-state index contributed by atoms with van der Waals surface area (Å²) in [7, 11) is 0. The van der Waals surface area contributed by atoms with Crippen LogP contribution in [0.15, 0.2) is 48.5 Å². The standard InChI is InChI=1S/C25H34N2O5/c1-17(10-9-15-24(2,3)30)16-25(4,31-22(28)18-11-5-7-13-20(18)26)32-23(29)19-12-6-8-14-21(19)27/h5-8,11-14,17,30H,9-10,15-16,26-27H2,1-4H3. The molecule has 0 aliphatic carbocycles. The predicted molar refractivity (Wildman–Crippen MR) is 125 cm³/mol. The third-order valence-corrected chi connectivity index (χ3v) is 5.18.